The van der Waals surface area contributed by atoms with E-state index in [4.69, 9.17) is 5.11 Å². The average Bonchev–Trinajstić information content (AvgIpc) is 1.79. The first-order chi connectivity index (χ1) is 4.20. The fourth-order valence-electron chi connectivity index (χ4n) is 0.857. The summed E-state index contributed by atoms with van der Waals surface area (Å²) in [6.45, 7) is 5.79. The number of hydrogen-bond donors (Lipinski definition) is 1. The quantitative estimate of drug-likeness (QED) is 0.592. The molecule has 1 nitrogen and oxygen atoms in total. The second-order valence-corrected chi connectivity index (χ2v) is 3.87. The molecule has 0 unspecified atom stereocenters. The Kier molecular flexibility index (Phi) is 2.19. The number of hydrogen-bond acceptors (Lipinski definition) is 2. The number of aliphatic hydroxyl groups is 1. The van der Waals surface area contributed by atoms with Crippen molar-refractivity contribution in [3.05, 3.63) is 12.2 Å². The van der Waals surface area contributed by atoms with E-state index in [0.717, 1.165) is 12.2 Å². The van der Waals surface area contributed by atoms with Gasteiger partial charge >= 0.3 is 0 Å². The first-order valence-electron chi connectivity index (χ1n) is 3.14. The Bertz CT molecular complexity index is 122. The third-order valence-corrected chi connectivity index (χ3v) is 2.90. The highest BCUT2D eigenvalue weighted by Crippen LogP contribution is 2.32. The van der Waals surface area contributed by atoms with Crippen LogP contribution in [-0.2, 0) is 0 Å². The Balaban J connectivity index is 2.21. The molecule has 2 atom stereocenters. The summed E-state index contributed by atoms with van der Waals surface area (Å²) in [5.74, 6) is 0.915. The lowest BCUT2D eigenvalue weighted by atomic mass is 10.1. The highest BCUT2D eigenvalue weighted by Gasteiger charge is 2.28. The highest BCUT2D eigenvalue weighted by atomic mass is 32.2. The molecular formula is C7H12OS. The molecule has 0 radical (unpaired) electrons. The standard InChI is InChI=1S/C7H12OS/c1-5(2)3-7-6(8)4-9-7/h6-8H,1,3-4H2,2H3/t6-,7-/m1/s1. The van der Waals surface area contributed by atoms with Gasteiger partial charge in [0.25, 0.3) is 0 Å². The minimum absolute atomic E-state index is 0.0632. The van der Waals surface area contributed by atoms with Gasteiger partial charge in [-0.05, 0) is 13.3 Å². The predicted molar refractivity (Wildman–Crippen MR) is 41.7 cm³/mol. The van der Waals surface area contributed by atoms with E-state index in [1.807, 2.05) is 18.7 Å². The summed E-state index contributed by atoms with van der Waals surface area (Å²) in [6.07, 6.45) is 0.915. The van der Waals surface area contributed by atoms with Crippen molar-refractivity contribution in [2.24, 2.45) is 0 Å². The van der Waals surface area contributed by atoms with Crippen LogP contribution < -0.4 is 0 Å². The molecular weight excluding hydrogens is 132 g/mol. The number of aliphatic hydroxyl groups excluding tert-OH is 1. The Morgan fingerprint density at radius 3 is 2.67 bits per heavy atom. The molecule has 1 fully saturated rings. The number of rotatable bonds is 2. The molecule has 1 aliphatic heterocycles. The van der Waals surface area contributed by atoms with Crippen LogP contribution in [0, 0.1) is 0 Å². The van der Waals surface area contributed by atoms with Crippen LogP contribution in [0.25, 0.3) is 0 Å². The van der Waals surface area contributed by atoms with E-state index in [0.29, 0.717) is 5.25 Å². The maximum Gasteiger partial charge on any atom is 0.0752 e. The molecule has 9 heavy (non-hydrogen) atoms. The molecule has 0 aromatic carbocycles. The zero-order valence-corrected chi connectivity index (χ0v) is 6.45. The lowest BCUT2D eigenvalue weighted by molar-refractivity contribution is 0.181. The van der Waals surface area contributed by atoms with Gasteiger partial charge in [-0.15, -0.1) is 6.58 Å². The van der Waals surface area contributed by atoms with Crippen molar-refractivity contribution < 1.29 is 5.11 Å². The van der Waals surface area contributed by atoms with Crippen molar-refractivity contribution in [1.82, 2.24) is 0 Å². The Hall–Kier alpha value is 0.0500. The second-order valence-electron chi connectivity index (χ2n) is 2.60. The molecule has 1 N–H and O–H groups in total. The summed E-state index contributed by atoms with van der Waals surface area (Å²) in [6, 6.07) is 0. The first kappa shape index (κ1) is 7.16. The Morgan fingerprint density at radius 1 is 1.89 bits per heavy atom. The van der Waals surface area contributed by atoms with Gasteiger partial charge in [0, 0.05) is 11.0 Å². The molecule has 0 aromatic heterocycles. The molecule has 1 saturated heterocycles. The molecule has 0 spiro atoms. The third-order valence-electron chi connectivity index (χ3n) is 1.46. The topological polar surface area (TPSA) is 20.2 Å². The fourth-order valence-corrected chi connectivity index (χ4v) is 1.90. The molecule has 0 aliphatic carbocycles. The maximum atomic E-state index is 9.09. The largest absolute Gasteiger partial charge is 0.391 e. The lowest BCUT2D eigenvalue weighted by Crippen LogP contribution is -2.35. The summed E-state index contributed by atoms with van der Waals surface area (Å²) in [5.41, 5.74) is 1.17. The monoisotopic (exact) mass is 144 g/mol. The molecule has 52 valence electrons. The Morgan fingerprint density at radius 2 is 2.56 bits per heavy atom. The van der Waals surface area contributed by atoms with Gasteiger partial charge in [-0.2, -0.15) is 11.8 Å². The van der Waals surface area contributed by atoms with Crippen LogP contribution >= 0.6 is 11.8 Å². The molecule has 1 aliphatic rings. The summed E-state index contributed by atoms with van der Waals surface area (Å²) in [4.78, 5) is 0. The van der Waals surface area contributed by atoms with Crippen molar-refractivity contribution in [3.8, 4) is 0 Å². The highest BCUT2D eigenvalue weighted by molar-refractivity contribution is 8.01. The van der Waals surface area contributed by atoms with Crippen molar-refractivity contribution in [2.75, 3.05) is 5.75 Å². The van der Waals surface area contributed by atoms with Gasteiger partial charge in [0.15, 0.2) is 0 Å². The molecule has 2 heteroatoms. The zero-order chi connectivity index (χ0) is 6.85. The van der Waals surface area contributed by atoms with Gasteiger partial charge in [0.2, 0.25) is 0 Å². The lowest BCUT2D eigenvalue weighted by Gasteiger charge is -2.31. The van der Waals surface area contributed by atoms with Crippen molar-refractivity contribution in [1.29, 1.82) is 0 Å². The second kappa shape index (κ2) is 2.76. The molecule has 0 amide bonds. The van der Waals surface area contributed by atoms with Crippen LogP contribution in [0.3, 0.4) is 0 Å². The Labute approximate surface area is 60.2 Å². The van der Waals surface area contributed by atoms with Crippen molar-refractivity contribution in [2.45, 2.75) is 24.7 Å². The van der Waals surface area contributed by atoms with Gasteiger partial charge in [-0.3, -0.25) is 0 Å². The number of allylic oxidation sites excluding steroid dienone is 1. The molecule has 0 bridgehead atoms. The van der Waals surface area contributed by atoms with Crippen LogP contribution in [0.5, 0.6) is 0 Å². The van der Waals surface area contributed by atoms with Crippen LogP contribution in [-0.4, -0.2) is 22.2 Å². The first-order valence-corrected chi connectivity index (χ1v) is 4.19. The summed E-state index contributed by atoms with van der Waals surface area (Å²) < 4.78 is 0. The van der Waals surface area contributed by atoms with E-state index in [1.165, 1.54) is 5.57 Å². The number of thioether (sulfide) groups is 1. The minimum Gasteiger partial charge on any atom is -0.391 e. The van der Waals surface area contributed by atoms with Gasteiger partial charge < -0.3 is 5.11 Å². The van der Waals surface area contributed by atoms with E-state index in [-0.39, 0.29) is 6.10 Å². The molecule has 0 saturated carbocycles. The third kappa shape index (κ3) is 1.73. The minimum atomic E-state index is -0.0632. The SMILES string of the molecule is C=C(C)C[C@H]1SC[C@H]1O. The molecule has 1 rings (SSSR count). The van der Waals surface area contributed by atoms with Crippen LogP contribution in [0.1, 0.15) is 13.3 Å². The van der Waals surface area contributed by atoms with E-state index >= 15 is 0 Å². The van der Waals surface area contributed by atoms with Gasteiger partial charge in [0.05, 0.1) is 6.10 Å². The van der Waals surface area contributed by atoms with Crippen molar-refractivity contribution >= 4 is 11.8 Å². The average molecular weight is 144 g/mol. The van der Waals surface area contributed by atoms with E-state index in [2.05, 4.69) is 6.58 Å². The predicted octanol–water partition coefficient (Wildman–Crippen LogP) is 1.43. The van der Waals surface area contributed by atoms with Crippen LogP contribution in [0.4, 0.5) is 0 Å². The summed E-state index contributed by atoms with van der Waals surface area (Å²) in [5, 5.41) is 9.54. The van der Waals surface area contributed by atoms with Gasteiger partial charge in [-0.1, -0.05) is 5.57 Å². The van der Waals surface area contributed by atoms with E-state index < -0.39 is 0 Å². The van der Waals surface area contributed by atoms with Crippen LogP contribution in [0.2, 0.25) is 0 Å². The smallest absolute Gasteiger partial charge is 0.0752 e. The van der Waals surface area contributed by atoms with E-state index in [1.54, 1.807) is 0 Å². The normalized spacial score (nSPS) is 33.6. The molecule has 0 aromatic rings. The maximum absolute atomic E-state index is 9.09. The summed E-state index contributed by atoms with van der Waals surface area (Å²) >= 11 is 1.83. The van der Waals surface area contributed by atoms with Gasteiger partial charge in [-0.25, -0.2) is 0 Å². The summed E-state index contributed by atoms with van der Waals surface area (Å²) in [7, 11) is 0. The van der Waals surface area contributed by atoms with E-state index in [9.17, 15) is 0 Å². The van der Waals surface area contributed by atoms with Gasteiger partial charge in [0.1, 0.15) is 0 Å². The fraction of sp³-hybridized carbons (Fsp3) is 0.714. The van der Waals surface area contributed by atoms with Crippen LogP contribution in [0.15, 0.2) is 12.2 Å². The van der Waals surface area contributed by atoms with Crippen molar-refractivity contribution in [3.63, 3.8) is 0 Å². The zero-order valence-electron chi connectivity index (χ0n) is 5.63. The molecule has 1 heterocycles.